The van der Waals surface area contributed by atoms with Crippen molar-refractivity contribution in [3.05, 3.63) is 87.7 Å². The summed E-state index contributed by atoms with van der Waals surface area (Å²) in [6.45, 7) is 4.58. The van der Waals surface area contributed by atoms with Gasteiger partial charge in [0.1, 0.15) is 34.4 Å². The van der Waals surface area contributed by atoms with Crippen LogP contribution in [0.1, 0.15) is 65.2 Å². The third-order valence-electron chi connectivity index (χ3n) is 11.7. The molecule has 0 saturated heterocycles. The molecular formula is C51H73N17O15. The fraction of sp³-hybridized carbons (Fsp3) is 0.569. The van der Waals surface area contributed by atoms with Crippen LogP contribution in [0.15, 0.2) is 53.8 Å². The summed E-state index contributed by atoms with van der Waals surface area (Å²) in [7, 11) is 5.27. The van der Waals surface area contributed by atoms with Gasteiger partial charge in [0.2, 0.25) is 11.9 Å². The largest absolute Gasteiger partial charge is 0.480 e. The predicted molar refractivity (Wildman–Crippen MR) is 291 cm³/mol. The molecule has 6 rings (SSSR count). The molecule has 0 fully saturated rings. The monoisotopic (exact) mass is 1160 g/mol. The normalized spacial score (nSPS) is 12.0. The zero-order valence-electron chi connectivity index (χ0n) is 46.8. The molecule has 2 amide bonds. The van der Waals surface area contributed by atoms with Crippen molar-refractivity contribution < 1.29 is 66.9 Å². The van der Waals surface area contributed by atoms with Crippen molar-refractivity contribution >= 4 is 46.4 Å². The van der Waals surface area contributed by atoms with Gasteiger partial charge in [-0.2, -0.15) is 4.98 Å². The molecule has 0 aliphatic carbocycles. The van der Waals surface area contributed by atoms with E-state index in [2.05, 4.69) is 66.8 Å². The lowest BCUT2D eigenvalue weighted by atomic mass is 10.0. The molecule has 0 unspecified atom stereocenters. The van der Waals surface area contributed by atoms with Crippen LogP contribution in [0.2, 0.25) is 0 Å². The summed E-state index contributed by atoms with van der Waals surface area (Å²) >= 11 is 0. The van der Waals surface area contributed by atoms with E-state index in [1.165, 1.54) is 18.3 Å². The summed E-state index contributed by atoms with van der Waals surface area (Å²) in [5, 5.41) is 42.5. The Morgan fingerprint density at radius 1 is 0.639 bits per heavy atom. The van der Waals surface area contributed by atoms with Crippen LogP contribution in [0.5, 0.6) is 0 Å². The van der Waals surface area contributed by atoms with Gasteiger partial charge in [-0.3, -0.25) is 38.2 Å². The number of hydrogen-bond acceptors (Lipinski definition) is 25. The van der Waals surface area contributed by atoms with E-state index in [4.69, 9.17) is 48.4 Å². The number of carbonyl (C=O) groups excluding carboxylic acids is 3. The molecule has 7 N–H and O–H groups in total. The van der Waals surface area contributed by atoms with Crippen molar-refractivity contribution in [1.82, 2.24) is 75.6 Å². The molecule has 0 radical (unpaired) electrons. The average molecular weight is 1160 g/mol. The molecule has 83 heavy (non-hydrogen) atoms. The number of benzene rings is 1. The molecule has 5 heterocycles. The topological polar surface area (TPSA) is 397 Å². The van der Waals surface area contributed by atoms with E-state index in [1.807, 2.05) is 0 Å². The maximum atomic E-state index is 13.4. The first kappa shape index (κ1) is 64.3. The second kappa shape index (κ2) is 35.2. The van der Waals surface area contributed by atoms with Crippen LogP contribution >= 0.6 is 0 Å². The molecule has 32 nitrogen and oxygen atoms in total. The number of nitrogens with one attached hydrogen (secondary N) is 4. The van der Waals surface area contributed by atoms with Crippen molar-refractivity contribution in [2.75, 3.05) is 110 Å². The Balaban J connectivity index is 0.731. The number of aromatic nitrogens is 13. The third kappa shape index (κ3) is 24.3. The molecule has 0 aliphatic rings. The van der Waals surface area contributed by atoms with Crippen molar-refractivity contribution in [2.24, 2.45) is 21.1 Å². The van der Waals surface area contributed by atoms with Gasteiger partial charge in [-0.25, -0.2) is 14.8 Å². The zero-order valence-corrected chi connectivity index (χ0v) is 46.8. The molecule has 1 atom stereocenters. The van der Waals surface area contributed by atoms with E-state index >= 15 is 0 Å². The number of H-pyrrole nitrogens is 1. The molecule has 6 aromatic rings. The smallest absolute Gasteiger partial charge is 0.326 e. The number of anilines is 2. The summed E-state index contributed by atoms with van der Waals surface area (Å²) in [5.41, 5.74) is 7.26. The summed E-state index contributed by atoms with van der Waals surface area (Å²) in [6.07, 6.45) is 7.28. The van der Waals surface area contributed by atoms with E-state index < -0.39 is 29.0 Å². The average Bonchev–Trinajstić information content (AvgIpc) is 4.28. The maximum Gasteiger partial charge on any atom is 0.326 e. The summed E-state index contributed by atoms with van der Waals surface area (Å²) < 4.78 is 56.3. The Bertz CT molecular complexity index is 2860. The van der Waals surface area contributed by atoms with E-state index in [9.17, 15) is 29.1 Å². The SMILES string of the molecule is Cn1cc(COCC(COCc2cn(C)nn2)(COCc2cn(C)nn2)NC(=O)CCOCCOCCOCCOCCOCCOCCCC(=O)CC[C@H](NC(=O)c2ccc(NCc3cnc4nc(N)[nH]c(=O)c4n3)cc2)C(=O)O)nn1. The van der Waals surface area contributed by atoms with Crippen LogP contribution in [-0.4, -0.2) is 204 Å². The van der Waals surface area contributed by atoms with Gasteiger partial charge in [0, 0.05) is 58.3 Å². The number of aliphatic carboxylic acids is 1. The number of rotatable bonds is 44. The number of carbonyl (C=O) groups is 4. The van der Waals surface area contributed by atoms with Gasteiger partial charge in [0.05, 0.1) is 149 Å². The third-order valence-corrected chi connectivity index (χ3v) is 11.7. The van der Waals surface area contributed by atoms with E-state index in [0.29, 0.717) is 101 Å². The van der Waals surface area contributed by atoms with E-state index in [-0.39, 0.29) is 119 Å². The highest BCUT2D eigenvalue weighted by molar-refractivity contribution is 5.97. The highest BCUT2D eigenvalue weighted by Gasteiger charge is 2.34. The Labute approximate surface area is 476 Å². The number of fused-ring (bicyclic) bond motifs is 1. The highest BCUT2D eigenvalue weighted by Crippen LogP contribution is 2.16. The number of nitrogens with zero attached hydrogens (tertiary/aromatic N) is 12. The number of aryl methyl sites for hydroxylation is 3. The highest BCUT2D eigenvalue weighted by atomic mass is 16.6. The van der Waals surface area contributed by atoms with Gasteiger partial charge in [-0.1, -0.05) is 15.6 Å². The van der Waals surface area contributed by atoms with Crippen molar-refractivity contribution in [3.8, 4) is 0 Å². The van der Waals surface area contributed by atoms with Crippen LogP contribution < -0.4 is 27.2 Å². The summed E-state index contributed by atoms with van der Waals surface area (Å²) in [4.78, 5) is 77.5. The van der Waals surface area contributed by atoms with Crippen molar-refractivity contribution in [3.63, 3.8) is 0 Å². The van der Waals surface area contributed by atoms with Gasteiger partial charge in [0.25, 0.3) is 11.5 Å². The number of nitrogen functional groups attached to an aromatic ring is 1. The number of aromatic amines is 1. The first-order chi connectivity index (χ1) is 40.2. The molecule has 452 valence electrons. The molecule has 5 aromatic heterocycles. The lowest BCUT2D eigenvalue weighted by molar-refractivity contribution is -0.139. The zero-order chi connectivity index (χ0) is 59.1. The lowest BCUT2D eigenvalue weighted by Crippen LogP contribution is -2.58. The number of carboxylic acid groups (broad SMARTS) is 1. The number of carboxylic acids is 1. The van der Waals surface area contributed by atoms with E-state index in [1.54, 1.807) is 65.9 Å². The Morgan fingerprint density at radius 2 is 1.13 bits per heavy atom. The van der Waals surface area contributed by atoms with Gasteiger partial charge < -0.3 is 69.4 Å². The van der Waals surface area contributed by atoms with Gasteiger partial charge in [0.15, 0.2) is 11.2 Å². The Morgan fingerprint density at radius 3 is 1.61 bits per heavy atom. The van der Waals surface area contributed by atoms with Gasteiger partial charge in [-0.05, 0) is 37.1 Å². The maximum absolute atomic E-state index is 13.4. The Hall–Kier alpha value is -7.82. The number of amides is 2. The molecular weight excluding hydrogens is 1090 g/mol. The van der Waals surface area contributed by atoms with Crippen LogP contribution in [0.4, 0.5) is 11.6 Å². The number of nitrogens with two attached hydrogens (primary N) is 1. The predicted octanol–water partition coefficient (Wildman–Crippen LogP) is -0.400. The molecule has 0 bridgehead atoms. The minimum Gasteiger partial charge on any atom is -0.480 e. The van der Waals surface area contributed by atoms with Crippen molar-refractivity contribution in [2.45, 2.75) is 70.1 Å². The second-order valence-corrected chi connectivity index (χ2v) is 18.8. The standard InChI is InChI=1S/C51H73N17O15/c1-66-27-39(60-63-66)30-81-33-51(34-82-31-40-28-67(2)64-61-40,35-83-32-41-29-68(3)65-62-41)59-44(70)12-14-76-16-18-78-20-22-80-24-23-79-21-19-77-17-15-75-13-4-5-42(69)10-11-43(49(73)74)56-47(71)36-6-8-37(9-7-36)53-25-38-26-54-46-45(55-38)48(72)58-50(52)57-46/h6-9,26-29,43,53H,4-5,10-25,30-35H2,1-3H3,(H,56,71)(H,59,70)(H,73,74)(H3,52,54,57,58,72)/t43-/m0/s1. The number of hydrogen-bond donors (Lipinski definition) is 6. The molecule has 0 spiro atoms. The number of ether oxygens (including phenoxy) is 9. The van der Waals surface area contributed by atoms with Gasteiger partial charge in [-0.15, -0.1) is 15.3 Å². The van der Waals surface area contributed by atoms with Crippen LogP contribution in [-0.2, 0) is 105 Å². The minimum atomic E-state index is -1.26. The van der Waals surface area contributed by atoms with Gasteiger partial charge >= 0.3 is 5.97 Å². The van der Waals surface area contributed by atoms with E-state index in [0.717, 1.165) is 0 Å². The summed E-state index contributed by atoms with van der Waals surface area (Å²) in [5.74, 6) is -2.36. The van der Waals surface area contributed by atoms with Crippen molar-refractivity contribution in [1.29, 1.82) is 0 Å². The minimum absolute atomic E-state index is 0.0226. The number of Topliss-reactive ketones (excluding diaryl/α,β-unsaturated/α-hetero) is 1. The number of ketones is 1. The van der Waals surface area contributed by atoms with Crippen LogP contribution in [0.25, 0.3) is 11.2 Å². The van der Waals surface area contributed by atoms with Crippen LogP contribution in [0, 0.1) is 0 Å². The molecule has 32 heteroatoms. The van der Waals surface area contributed by atoms with Crippen LogP contribution in [0.3, 0.4) is 0 Å². The lowest BCUT2D eigenvalue weighted by Gasteiger charge is -2.34. The molecule has 0 aliphatic heterocycles. The first-order valence-electron chi connectivity index (χ1n) is 26.7. The Kier molecular flexibility index (Phi) is 27.3. The summed E-state index contributed by atoms with van der Waals surface area (Å²) in [6, 6.07) is 5.06. The molecule has 1 aromatic carbocycles. The molecule has 0 saturated carbocycles. The second-order valence-electron chi connectivity index (χ2n) is 18.8. The first-order valence-corrected chi connectivity index (χ1v) is 26.7. The fourth-order valence-electron chi connectivity index (χ4n) is 7.68. The fourth-order valence-corrected chi connectivity index (χ4v) is 7.68. The quantitative estimate of drug-likeness (QED) is 0.0265.